The van der Waals surface area contributed by atoms with E-state index in [1.54, 1.807) is 0 Å². The molecular weight excluding hydrogens is 244 g/mol. The molecule has 0 aromatic carbocycles. The van der Waals surface area contributed by atoms with Crippen molar-refractivity contribution in [3.8, 4) is 0 Å². The van der Waals surface area contributed by atoms with Gasteiger partial charge in [-0.2, -0.15) is 5.10 Å². The Kier molecular flexibility index (Phi) is 5.21. The van der Waals surface area contributed by atoms with Gasteiger partial charge in [-0.15, -0.1) is 0 Å². The highest BCUT2D eigenvalue weighted by Gasteiger charge is 2.24. The molecule has 0 bridgehead atoms. The fourth-order valence-electron chi connectivity index (χ4n) is 1.56. The second-order valence-electron chi connectivity index (χ2n) is 4.30. The summed E-state index contributed by atoms with van der Waals surface area (Å²) >= 11 is 0. The Hall–Kier alpha value is -1.50. The van der Waals surface area contributed by atoms with Crippen molar-refractivity contribution in [2.45, 2.75) is 26.8 Å². The maximum Gasteiger partial charge on any atom is 0.280 e. The van der Waals surface area contributed by atoms with E-state index in [4.69, 9.17) is 5.11 Å². The van der Waals surface area contributed by atoms with Crippen LogP contribution in [0.5, 0.6) is 0 Å². The highest BCUT2D eigenvalue weighted by Crippen LogP contribution is 2.23. The van der Waals surface area contributed by atoms with E-state index >= 15 is 0 Å². The number of rotatable bonds is 6. The van der Waals surface area contributed by atoms with Gasteiger partial charge in [0.1, 0.15) is 5.69 Å². The standard InChI is InChI=1S/C11H17F2N3O2/c1-7(2)6-16-9(10(12)13)8(5-15-16)11(18)14-3-4-17/h5,7,10,17H,3-4,6H2,1-2H3,(H,14,18). The van der Waals surface area contributed by atoms with Gasteiger partial charge >= 0.3 is 0 Å². The van der Waals surface area contributed by atoms with Crippen LogP contribution in [0.2, 0.25) is 0 Å². The first-order valence-electron chi connectivity index (χ1n) is 5.70. The molecule has 0 fully saturated rings. The summed E-state index contributed by atoms with van der Waals surface area (Å²) in [5.41, 5.74) is -0.516. The van der Waals surface area contributed by atoms with E-state index in [2.05, 4.69) is 10.4 Å². The SMILES string of the molecule is CC(C)Cn1ncc(C(=O)NCCO)c1C(F)F. The largest absolute Gasteiger partial charge is 0.395 e. The summed E-state index contributed by atoms with van der Waals surface area (Å²) in [5.74, 6) is -0.495. The summed E-state index contributed by atoms with van der Waals surface area (Å²) in [4.78, 5) is 11.6. The lowest BCUT2D eigenvalue weighted by Crippen LogP contribution is -2.27. The summed E-state index contributed by atoms with van der Waals surface area (Å²) in [7, 11) is 0. The van der Waals surface area contributed by atoms with E-state index in [0.717, 1.165) is 10.9 Å². The van der Waals surface area contributed by atoms with Crippen LogP contribution in [-0.2, 0) is 6.54 Å². The quantitative estimate of drug-likeness (QED) is 0.808. The van der Waals surface area contributed by atoms with Crippen LogP contribution in [0.15, 0.2) is 6.20 Å². The number of nitrogens with zero attached hydrogens (tertiary/aromatic N) is 2. The molecule has 0 saturated carbocycles. The van der Waals surface area contributed by atoms with Gasteiger partial charge in [-0.05, 0) is 5.92 Å². The van der Waals surface area contributed by atoms with Gasteiger partial charge in [0.05, 0.1) is 18.4 Å². The lowest BCUT2D eigenvalue weighted by atomic mass is 10.2. The first-order valence-corrected chi connectivity index (χ1v) is 5.70. The molecule has 1 rings (SSSR count). The van der Waals surface area contributed by atoms with Crippen molar-refractivity contribution >= 4 is 5.91 Å². The van der Waals surface area contributed by atoms with Crippen LogP contribution in [0.1, 0.15) is 36.3 Å². The van der Waals surface area contributed by atoms with Gasteiger partial charge in [0.25, 0.3) is 12.3 Å². The molecule has 2 N–H and O–H groups in total. The van der Waals surface area contributed by atoms with Crippen LogP contribution in [0.25, 0.3) is 0 Å². The van der Waals surface area contributed by atoms with Gasteiger partial charge in [0, 0.05) is 13.1 Å². The maximum absolute atomic E-state index is 13.0. The van der Waals surface area contributed by atoms with Crippen molar-refractivity contribution in [1.82, 2.24) is 15.1 Å². The van der Waals surface area contributed by atoms with Crippen LogP contribution in [-0.4, -0.2) is 33.9 Å². The van der Waals surface area contributed by atoms with Gasteiger partial charge in [-0.25, -0.2) is 8.78 Å². The number of aliphatic hydroxyl groups excluding tert-OH is 1. The van der Waals surface area contributed by atoms with E-state index in [-0.39, 0.29) is 30.3 Å². The van der Waals surface area contributed by atoms with E-state index in [1.807, 2.05) is 13.8 Å². The minimum absolute atomic E-state index is 0.0247. The van der Waals surface area contributed by atoms with Crippen molar-refractivity contribution in [3.63, 3.8) is 0 Å². The molecule has 0 aliphatic carbocycles. The third-order valence-corrected chi connectivity index (χ3v) is 2.27. The monoisotopic (exact) mass is 261 g/mol. The van der Waals surface area contributed by atoms with Crippen LogP contribution >= 0.6 is 0 Å². The zero-order valence-electron chi connectivity index (χ0n) is 10.4. The third-order valence-electron chi connectivity index (χ3n) is 2.27. The molecule has 1 aromatic heterocycles. The Morgan fingerprint density at radius 2 is 2.22 bits per heavy atom. The van der Waals surface area contributed by atoms with Crippen molar-refractivity contribution in [3.05, 3.63) is 17.5 Å². The Labute approximate surface area is 104 Å². The fraction of sp³-hybridized carbons (Fsp3) is 0.636. The Balaban J connectivity index is 2.97. The Bertz CT molecular complexity index is 405. The summed E-state index contributed by atoms with van der Waals surface area (Å²) in [6.07, 6.45) is -1.63. The predicted molar refractivity (Wildman–Crippen MR) is 61.4 cm³/mol. The van der Waals surface area contributed by atoms with Crippen LogP contribution in [0.4, 0.5) is 8.78 Å². The molecule has 102 valence electrons. The molecule has 1 aromatic rings. The highest BCUT2D eigenvalue weighted by molar-refractivity contribution is 5.95. The number of halogens is 2. The van der Waals surface area contributed by atoms with E-state index in [9.17, 15) is 13.6 Å². The molecule has 0 radical (unpaired) electrons. The molecule has 18 heavy (non-hydrogen) atoms. The highest BCUT2D eigenvalue weighted by atomic mass is 19.3. The van der Waals surface area contributed by atoms with Gasteiger partial charge in [-0.1, -0.05) is 13.8 Å². The zero-order valence-corrected chi connectivity index (χ0v) is 10.4. The van der Waals surface area contributed by atoms with Crippen molar-refractivity contribution in [2.24, 2.45) is 5.92 Å². The molecule has 7 heteroatoms. The lowest BCUT2D eigenvalue weighted by molar-refractivity contribution is 0.0926. The van der Waals surface area contributed by atoms with Crippen molar-refractivity contribution in [1.29, 1.82) is 0 Å². The number of aliphatic hydroxyl groups is 1. The molecular formula is C11H17F2N3O2. The topological polar surface area (TPSA) is 67.2 Å². The number of hydrogen-bond donors (Lipinski definition) is 2. The fourth-order valence-corrected chi connectivity index (χ4v) is 1.56. The smallest absolute Gasteiger partial charge is 0.280 e. The van der Waals surface area contributed by atoms with Crippen LogP contribution in [0.3, 0.4) is 0 Å². The molecule has 0 saturated heterocycles. The molecule has 1 amide bonds. The number of hydrogen-bond acceptors (Lipinski definition) is 3. The molecule has 0 aliphatic rings. The number of carbonyl (C=O) groups excluding carboxylic acids is 1. The first-order chi connectivity index (χ1) is 8.47. The van der Waals surface area contributed by atoms with Crippen LogP contribution < -0.4 is 5.32 Å². The molecule has 5 nitrogen and oxygen atoms in total. The molecule has 0 aliphatic heterocycles. The van der Waals surface area contributed by atoms with Gasteiger partial charge < -0.3 is 10.4 Å². The summed E-state index contributed by atoms with van der Waals surface area (Å²) in [6, 6.07) is 0. The third kappa shape index (κ3) is 3.49. The van der Waals surface area contributed by atoms with E-state index in [0.29, 0.717) is 6.54 Å². The average molecular weight is 261 g/mol. The lowest BCUT2D eigenvalue weighted by Gasteiger charge is -2.10. The predicted octanol–water partition coefficient (Wildman–Crippen LogP) is 1.20. The molecule has 1 heterocycles. The number of carbonyl (C=O) groups is 1. The normalized spacial score (nSPS) is 11.3. The second-order valence-corrected chi connectivity index (χ2v) is 4.30. The maximum atomic E-state index is 13.0. The number of aromatic nitrogens is 2. The van der Waals surface area contributed by atoms with Crippen LogP contribution in [0, 0.1) is 5.92 Å². The minimum atomic E-state index is -2.76. The summed E-state index contributed by atoms with van der Waals surface area (Å²) in [6.45, 7) is 3.87. The molecule has 0 atom stereocenters. The van der Waals surface area contributed by atoms with E-state index < -0.39 is 12.3 Å². The summed E-state index contributed by atoms with van der Waals surface area (Å²) < 4.78 is 27.1. The minimum Gasteiger partial charge on any atom is -0.395 e. The Morgan fingerprint density at radius 3 is 2.72 bits per heavy atom. The molecule has 0 spiro atoms. The first kappa shape index (κ1) is 14.6. The van der Waals surface area contributed by atoms with Gasteiger partial charge in [-0.3, -0.25) is 9.48 Å². The molecule has 0 unspecified atom stereocenters. The zero-order chi connectivity index (χ0) is 13.7. The van der Waals surface area contributed by atoms with Crippen molar-refractivity contribution in [2.75, 3.05) is 13.2 Å². The second kappa shape index (κ2) is 6.44. The van der Waals surface area contributed by atoms with Gasteiger partial charge in [0.15, 0.2) is 0 Å². The Morgan fingerprint density at radius 1 is 1.56 bits per heavy atom. The number of amides is 1. The average Bonchev–Trinajstić information content (AvgIpc) is 2.68. The van der Waals surface area contributed by atoms with E-state index in [1.165, 1.54) is 0 Å². The number of nitrogens with one attached hydrogen (secondary N) is 1. The summed E-state index contributed by atoms with van der Waals surface area (Å²) in [5, 5.41) is 14.7. The van der Waals surface area contributed by atoms with Gasteiger partial charge in [0.2, 0.25) is 0 Å². The number of alkyl halides is 2. The van der Waals surface area contributed by atoms with Crippen molar-refractivity contribution < 1.29 is 18.7 Å².